The highest BCUT2D eigenvalue weighted by Crippen LogP contribution is 2.56. The summed E-state index contributed by atoms with van der Waals surface area (Å²) in [6.07, 6.45) is 6.32. The van der Waals surface area contributed by atoms with Crippen molar-refractivity contribution in [3.8, 4) is 5.75 Å². The van der Waals surface area contributed by atoms with Crippen LogP contribution in [-0.2, 0) is 4.74 Å². The van der Waals surface area contributed by atoms with Gasteiger partial charge in [-0.2, -0.15) is 0 Å². The summed E-state index contributed by atoms with van der Waals surface area (Å²) in [7, 11) is 1.66. The zero-order valence-corrected chi connectivity index (χ0v) is 14.0. The molecule has 1 aromatic rings. The van der Waals surface area contributed by atoms with Crippen LogP contribution >= 0.6 is 0 Å². The molecule has 5 heteroatoms. The Balaban J connectivity index is 1.65. The average Bonchev–Trinajstić information content (AvgIpc) is 3.07. The van der Waals surface area contributed by atoms with Crippen molar-refractivity contribution in [3.05, 3.63) is 24.3 Å². The fourth-order valence-corrected chi connectivity index (χ4v) is 4.05. The number of methoxy groups -OCH3 is 1. The average molecular weight is 317 g/mol. The van der Waals surface area contributed by atoms with E-state index in [2.05, 4.69) is 12.2 Å². The summed E-state index contributed by atoms with van der Waals surface area (Å²) in [6, 6.07) is 7.98. The number of nitrogens with one attached hydrogen (secondary N) is 1. The highest BCUT2D eigenvalue weighted by Gasteiger charge is 2.56. The van der Waals surface area contributed by atoms with Crippen molar-refractivity contribution >= 4 is 11.6 Å². The molecule has 2 aliphatic carbocycles. The van der Waals surface area contributed by atoms with E-state index in [0.717, 1.165) is 24.5 Å². The minimum absolute atomic E-state index is 0.224. The molecular weight excluding hydrogens is 290 g/mol. The zero-order valence-electron chi connectivity index (χ0n) is 14.0. The van der Waals surface area contributed by atoms with E-state index in [1.165, 1.54) is 25.7 Å². The van der Waals surface area contributed by atoms with Crippen molar-refractivity contribution in [2.45, 2.75) is 51.2 Å². The third-order valence-corrected chi connectivity index (χ3v) is 5.30. The molecule has 3 rings (SSSR count). The summed E-state index contributed by atoms with van der Waals surface area (Å²) in [5.74, 6) is 1.32. The van der Waals surface area contributed by atoms with Gasteiger partial charge in [0.05, 0.1) is 19.3 Å². The number of nitrogens with zero attached hydrogens (tertiary/aromatic N) is 1. The molecular formula is C18H27N3O2. The smallest absolute Gasteiger partial charge is 0.193 e. The maximum absolute atomic E-state index is 6.12. The minimum atomic E-state index is 0.224. The number of ether oxygens (including phenoxy) is 2. The number of benzene rings is 1. The predicted molar refractivity (Wildman–Crippen MR) is 93.0 cm³/mol. The van der Waals surface area contributed by atoms with Gasteiger partial charge in [0.25, 0.3) is 0 Å². The molecule has 126 valence electrons. The molecule has 1 spiro atoms. The van der Waals surface area contributed by atoms with Crippen LogP contribution in [0.2, 0.25) is 0 Å². The lowest BCUT2D eigenvalue weighted by Gasteiger charge is -2.52. The number of rotatable bonds is 5. The summed E-state index contributed by atoms with van der Waals surface area (Å²) in [4.78, 5) is 4.76. The van der Waals surface area contributed by atoms with Crippen LogP contribution in [0, 0.1) is 5.41 Å². The molecule has 2 fully saturated rings. The van der Waals surface area contributed by atoms with Gasteiger partial charge in [0.1, 0.15) is 5.75 Å². The highest BCUT2D eigenvalue weighted by molar-refractivity contribution is 5.92. The van der Waals surface area contributed by atoms with Gasteiger partial charge in [-0.1, -0.05) is 12.8 Å². The molecule has 0 heterocycles. The predicted octanol–water partition coefficient (Wildman–Crippen LogP) is 3.16. The normalized spacial score (nSPS) is 26.1. The second-order valence-corrected chi connectivity index (χ2v) is 6.50. The van der Waals surface area contributed by atoms with Crippen molar-refractivity contribution in [2.75, 3.05) is 19.0 Å². The molecule has 23 heavy (non-hydrogen) atoms. The second kappa shape index (κ2) is 6.79. The quantitative estimate of drug-likeness (QED) is 0.646. The molecule has 0 radical (unpaired) electrons. The van der Waals surface area contributed by atoms with Crippen molar-refractivity contribution in [3.63, 3.8) is 0 Å². The first-order valence-electron chi connectivity index (χ1n) is 8.54. The van der Waals surface area contributed by atoms with Crippen LogP contribution in [0.25, 0.3) is 0 Å². The van der Waals surface area contributed by atoms with Gasteiger partial charge >= 0.3 is 0 Å². The molecule has 2 aliphatic rings. The fraction of sp³-hybridized carbons (Fsp3) is 0.611. The van der Waals surface area contributed by atoms with Crippen LogP contribution in [0.5, 0.6) is 5.75 Å². The third kappa shape index (κ3) is 3.15. The molecule has 1 aromatic carbocycles. The largest absolute Gasteiger partial charge is 0.497 e. The molecule has 0 amide bonds. The van der Waals surface area contributed by atoms with Crippen LogP contribution in [0.15, 0.2) is 29.3 Å². The van der Waals surface area contributed by atoms with E-state index in [-0.39, 0.29) is 11.5 Å². The summed E-state index contributed by atoms with van der Waals surface area (Å²) in [5.41, 5.74) is 7.27. The van der Waals surface area contributed by atoms with E-state index in [9.17, 15) is 0 Å². The third-order valence-electron chi connectivity index (χ3n) is 5.30. The Morgan fingerprint density at radius 2 is 2.00 bits per heavy atom. The number of aliphatic imine (C=N–C) groups is 1. The summed E-state index contributed by atoms with van der Waals surface area (Å²) in [5, 5.41) is 3.18. The Kier molecular flexibility index (Phi) is 4.76. The molecule has 2 atom stereocenters. The van der Waals surface area contributed by atoms with Crippen LogP contribution in [0.3, 0.4) is 0 Å². The van der Waals surface area contributed by atoms with Crippen LogP contribution < -0.4 is 15.8 Å². The fourth-order valence-electron chi connectivity index (χ4n) is 4.05. The Morgan fingerprint density at radius 3 is 2.61 bits per heavy atom. The Labute approximate surface area is 138 Å². The molecule has 2 unspecified atom stereocenters. The number of hydrogen-bond acceptors (Lipinski definition) is 3. The van der Waals surface area contributed by atoms with E-state index in [1.54, 1.807) is 7.11 Å². The van der Waals surface area contributed by atoms with Gasteiger partial charge in [-0.15, -0.1) is 0 Å². The number of nitrogens with two attached hydrogens (primary N) is 1. The number of anilines is 1. The van der Waals surface area contributed by atoms with E-state index < -0.39 is 0 Å². The maximum atomic E-state index is 6.12. The minimum Gasteiger partial charge on any atom is -0.497 e. The van der Waals surface area contributed by atoms with E-state index in [1.807, 2.05) is 24.3 Å². The van der Waals surface area contributed by atoms with Crippen molar-refractivity contribution in [2.24, 2.45) is 16.1 Å². The summed E-state index contributed by atoms with van der Waals surface area (Å²) in [6.45, 7) is 2.85. The molecule has 0 saturated heterocycles. The van der Waals surface area contributed by atoms with E-state index in [4.69, 9.17) is 20.2 Å². The second-order valence-electron chi connectivity index (χ2n) is 6.50. The molecule has 0 aliphatic heterocycles. The topological polar surface area (TPSA) is 68.9 Å². The maximum Gasteiger partial charge on any atom is 0.193 e. The SMILES string of the molecule is CCOC1CC(N=C(N)Nc2ccc(OC)cc2)C12CCCC2. The van der Waals surface area contributed by atoms with Crippen LogP contribution in [-0.4, -0.2) is 31.8 Å². The zero-order chi connectivity index (χ0) is 16.3. The standard InChI is InChI=1S/C18H27N3O2/c1-3-23-16-12-15(18(16)10-4-5-11-18)21-17(19)20-13-6-8-14(22-2)9-7-13/h6-9,15-16H,3-5,10-12H2,1-2H3,(H3,19,20,21). The first-order chi connectivity index (χ1) is 11.2. The lowest BCUT2D eigenvalue weighted by atomic mass is 9.61. The first kappa shape index (κ1) is 16.1. The summed E-state index contributed by atoms with van der Waals surface area (Å²) >= 11 is 0. The number of hydrogen-bond donors (Lipinski definition) is 2. The van der Waals surface area contributed by atoms with Crippen molar-refractivity contribution in [1.82, 2.24) is 0 Å². The van der Waals surface area contributed by atoms with E-state index in [0.29, 0.717) is 12.1 Å². The van der Waals surface area contributed by atoms with Gasteiger partial charge in [0.15, 0.2) is 5.96 Å². The lowest BCUT2D eigenvalue weighted by molar-refractivity contribution is -0.119. The summed E-state index contributed by atoms with van der Waals surface area (Å²) < 4.78 is 11.1. The Bertz CT molecular complexity index is 550. The van der Waals surface area contributed by atoms with Crippen LogP contribution in [0.4, 0.5) is 5.69 Å². The molecule has 5 nitrogen and oxygen atoms in total. The number of guanidine groups is 1. The van der Waals surface area contributed by atoms with Crippen LogP contribution in [0.1, 0.15) is 39.0 Å². The highest BCUT2D eigenvalue weighted by atomic mass is 16.5. The molecule has 2 saturated carbocycles. The van der Waals surface area contributed by atoms with Gasteiger partial charge in [-0.05, 0) is 50.5 Å². The Morgan fingerprint density at radius 1 is 1.30 bits per heavy atom. The van der Waals surface area contributed by atoms with E-state index >= 15 is 0 Å². The molecule has 0 bridgehead atoms. The lowest BCUT2D eigenvalue weighted by Crippen LogP contribution is -2.56. The molecule has 0 aromatic heterocycles. The monoisotopic (exact) mass is 317 g/mol. The Hall–Kier alpha value is -1.75. The van der Waals surface area contributed by atoms with Gasteiger partial charge in [0, 0.05) is 17.7 Å². The molecule has 3 N–H and O–H groups in total. The van der Waals surface area contributed by atoms with Crippen molar-refractivity contribution < 1.29 is 9.47 Å². The van der Waals surface area contributed by atoms with Gasteiger partial charge in [-0.3, -0.25) is 0 Å². The first-order valence-corrected chi connectivity index (χ1v) is 8.54. The van der Waals surface area contributed by atoms with Gasteiger partial charge in [-0.25, -0.2) is 4.99 Å². The van der Waals surface area contributed by atoms with Gasteiger partial charge < -0.3 is 20.5 Å². The van der Waals surface area contributed by atoms with Crippen molar-refractivity contribution in [1.29, 1.82) is 0 Å². The van der Waals surface area contributed by atoms with Gasteiger partial charge in [0.2, 0.25) is 0 Å².